The third-order valence-corrected chi connectivity index (χ3v) is 3.57. The molecule has 110 valence electrons. The number of carbonyl (C=O) groups excluding carboxylic acids is 1. The third-order valence-electron chi connectivity index (χ3n) is 3.26. The van der Waals surface area contributed by atoms with Crippen LogP contribution in [-0.4, -0.2) is 16.8 Å². The van der Waals surface area contributed by atoms with E-state index in [2.05, 4.69) is 0 Å². The van der Waals surface area contributed by atoms with Gasteiger partial charge in [0.2, 0.25) is 0 Å². The summed E-state index contributed by atoms with van der Waals surface area (Å²) in [6, 6.07) is 13.8. The van der Waals surface area contributed by atoms with Gasteiger partial charge >= 0.3 is 0 Å². The van der Waals surface area contributed by atoms with Crippen LogP contribution in [0.15, 0.2) is 48.5 Å². The van der Waals surface area contributed by atoms with Crippen molar-refractivity contribution in [2.24, 2.45) is 0 Å². The summed E-state index contributed by atoms with van der Waals surface area (Å²) >= 11 is 5.99. The molecule has 1 amide bonds. The molecular formula is C17H17ClFNO. The lowest BCUT2D eigenvalue weighted by atomic mass is 10.1. The average molecular weight is 306 g/mol. The molecule has 2 rings (SSSR count). The number of rotatable bonds is 4. The maximum atomic E-state index is 13.9. The van der Waals surface area contributed by atoms with Gasteiger partial charge in [-0.05, 0) is 31.5 Å². The molecule has 0 spiro atoms. The minimum Gasteiger partial charge on any atom is -0.332 e. The van der Waals surface area contributed by atoms with Crippen LogP contribution in [0.1, 0.15) is 29.8 Å². The Morgan fingerprint density at radius 2 is 1.81 bits per heavy atom. The molecule has 0 aliphatic rings. The maximum absolute atomic E-state index is 13.9. The lowest BCUT2D eigenvalue weighted by Gasteiger charge is -2.27. The Balaban J connectivity index is 2.32. The molecule has 0 aromatic heterocycles. The number of hydrogen-bond donors (Lipinski definition) is 0. The van der Waals surface area contributed by atoms with Crippen LogP contribution in [0.3, 0.4) is 0 Å². The molecular weight excluding hydrogens is 289 g/mol. The highest BCUT2D eigenvalue weighted by atomic mass is 35.5. The first-order valence-electron chi connectivity index (χ1n) is 6.79. The molecule has 0 unspecified atom stereocenters. The fraction of sp³-hybridized carbons (Fsp3) is 0.235. The number of amides is 1. The van der Waals surface area contributed by atoms with E-state index in [1.807, 2.05) is 44.2 Å². The molecule has 0 radical (unpaired) electrons. The summed E-state index contributed by atoms with van der Waals surface area (Å²) in [6.45, 7) is 4.22. The number of nitrogens with zero attached hydrogens (tertiary/aromatic N) is 1. The smallest absolute Gasteiger partial charge is 0.258 e. The van der Waals surface area contributed by atoms with Crippen molar-refractivity contribution >= 4 is 17.5 Å². The fourth-order valence-corrected chi connectivity index (χ4v) is 2.36. The van der Waals surface area contributed by atoms with E-state index < -0.39 is 11.7 Å². The van der Waals surface area contributed by atoms with Gasteiger partial charge in [-0.3, -0.25) is 4.79 Å². The predicted molar refractivity (Wildman–Crippen MR) is 82.9 cm³/mol. The quantitative estimate of drug-likeness (QED) is 0.812. The van der Waals surface area contributed by atoms with Crippen LogP contribution < -0.4 is 0 Å². The minimum atomic E-state index is -0.591. The Hall–Kier alpha value is -1.87. The van der Waals surface area contributed by atoms with Gasteiger partial charge in [0.05, 0.1) is 10.6 Å². The van der Waals surface area contributed by atoms with Crippen molar-refractivity contribution in [3.63, 3.8) is 0 Å². The highest BCUT2D eigenvalue weighted by Gasteiger charge is 2.24. The van der Waals surface area contributed by atoms with E-state index in [1.54, 1.807) is 4.90 Å². The SMILES string of the molecule is CC(C)N(Cc1ccccc1)C(=O)c1c(F)cccc1Cl. The topological polar surface area (TPSA) is 20.3 Å². The minimum absolute atomic E-state index is 0.0617. The van der Waals surface area contributed by atoms with E-state index in [0.717, 1.165) is 5.56 Å². The molecule has 0 saturated carbocycles. The first-order valence-corrected chi connectivity index (χ1v) is 7.17. The van der Waals surface area contributed by atoms with E-state index in [-0.39, 0.29) is 16.6 Å². The standard InChI is InChI=1S/C17H17ClFNO/c1-12(2)20(11-13-7-4-3-5-8-13)17(21)16-14(18)9-6-10-15(16)19/h3-10,12H,11H2,1-2H3. The normalized spacial score (nSPS) is 10.7. The average Bonchev–Trinajstić information content (AvgIpc) is 2.45. The first kappa shape index (κ1) is 15.5. The summed E-state index contributed by atoms with van der Waals surface area (Å²) in [5.41, 5.74) is 0.927. The summed E-state index contributed by atoms with van der Waals surface area (Å²) < 4.78 is 13.9. The van der Waals surface area contributed by atoms with Crippen molar-refractivity contribution in [3.05, 3.63) is 70.5 Å². The molecule has 2 aromatic rings. The zero-order valence-electron chi connectivity index (χ0n) is 12.0. The highest BCUT2D eigenvalue weighted by Crippen LogP contribution is 2.22. The molecule has 0 atom stereocenters. The van der Waals surface area contributed by atoms with E-state index in [1.165, 1.54) is 18.2 Å². The van der Waals surface area contributed by atoms with Crippen LogP contribution >= 0.6 is 11.6 Å². The second-order valence-electron chi connectivity index (χ2n) is 5.11. The molecule has 0 N–H and O–H groups in total. The van der Waals surface area contributed by atoms with Crippen LogP contribution in [0.4, 0.5) is 4.39 Å². The Morgan fingerprint density at radius 3 is 2.38 bits per heavy atom. The first-order chi connectivity index (χ1) is 10.0. The summed E-state index contributed by atoms with van der Waals surface area (Å²) in [5.74, 6) is -0.983. The largest absolute Gasteiger partial charge is 0.332 e. The van der Waals surface area contributed by atoms with E-state index in [4.69, 9.17) is 11.6 Å². The van der Waals surface area contributed by atoms with E-state index in [9.17, 15) is 9.18 Å². The Kier molecular flexibility index (Phi) is 4.97. The van der Waals surface area contributed by atoms with E-state index >= 15 is 0 Å². The summed E-state index contributed by atoms with van der Waals surface area (Å²) in [4.78, 5) is 14.2. The molecule has 0 aliphatic carbocycles. The Bertz CT molecular complexity index is 608. The van der Waals surface area contributed by atoms with Crippen molar-refractivity contribution in [3.8, 4) is 0 Å². The Morgan fingerprint density at radius 1 is 1.14 bits per heavy atom. The molecule has 4 heteroatoms. The van der Waals surface area contributed by atoms with E-state index in [0.29, 0.717) is 6.54 Å². The summed E-state index contributed by atoms with van der Waals surface area (Å²) in [5, 5.41) is 0.138. The van der Waals surface area contributed by atoms with Gasteiger partial charge < -0.3 is 4.90 Å². The highest BCUT2D eigenvalue weighted by molar-refractivity contribution is 6.33. The molecule has 2 aromatic carbocycles. The molecule has 0 bridgehead atoms. The second-order valence-corrected chi connectivity index (χ2v) is 5.52. The van der Waals surface area contributed by atoms with Gasteiger partial charge in [0.25, 0.3) is 5.91 Å². The van der Waals surface area contributed by atoms with Crippen LogP contribution in [0.5, 0.6) is 0 Å². The lowest BCUT2D eigenvalue weighted by Crippen LogP contribution is -2.37. The number of halogens is 2. The van der Waals surface area contributed by atoms with Gasteiger partial charge in [0.1, 0.15) is 5.82 Å². The van der Waals surface area contributed by atoms with Crippen LogP contribution in [0.2, 0.25) is 5.02 Å². The van der Waals surface area contributed by atoms with Crippen LogP contribution in [-0.2, 0) is 6.54 Å². The zero-order chi connectivity index (χ0) is 15.4. The molecule has 0 saturated heterocycles. The number of hydrogen-bond acceptors (Lipinski definition) is 1. The van der Waals surface area contributed by atoms with Gasteiger partial charge in [0, 0.05) is 12.6 Å². The molecule has 2 nitrogen and oxygen atoms in total. The number of benzene rings is 2. The van der Waals surface area contributed by atoms with Crippen molar-refractivity contribution in [1.29, 1.82) is 0 Å². The van der Waals surface area contributed by atoms with Crippen molar-refractivity contribution in [2.75, 3.05) is 0 Å². The van der Waals surface area contributed by atoms with Gasteiger partial charge in [-0.25, -0.2) is 4.39 Å². The molecule has 0 heterocycles. The summed E-state index contributed by atoms with van der Waals surface area (Å²) in [7, 11) is 0. The monoisotopic (exact) mass is 305 g/mol. The number of carbonyl (C=O) groups is 1. The van der Waals surface area contributed by atoms with Gasteiger partial charge in [-0.2, -0.15) is 0 Å². The third kappa shape index (κ3) is 3.61. The summed E-state index contributed by atoms with van der Waals surface area (Å²) in [6.07, 6.45) is 0. The van der Waals surface area contributed by atoms with Crippen LogP contribution in [0, 0.1) is 5.82 Å². The Labute approximate surface area is 129 Å². The predicted octanol–water partition coefficient (Wildman–Crippen LogP) is 4.53. The van der Waals surface area contributed by atoms with Crippen LogP contribution in [0.25, 0.3) is 0 Å². The van der Waals surface area contributed by atoms with Gasteiger partial charge in [-0.1, -0.05) is 48.0 Å². The lowest BCUT2D eigenvalue weighted by molar-refractivity contribution is 0.0685. The molecule has 0 aliphatic heterocycles. The second kappa shape index (κ2) is 6.72. The van der Waals surface area contributed by atoms with Gasteiger partial charge in [-0.15, -0.1) is 0 Å². The van der Waals surface area contributed by atoms with Crippen molar-refractivity contribution in [1.82, 2.24) is 4.90 Å². The van der Waals surface area contributed by atoms with Crippen molar-refractivity contribution < 1.29 is 9.18 Å². The molecule has 21 heavy (non-hydrogen) atoms. The maximum Gasteiger partial charge on any atom is 0.258 e. The van der Waals surface area contributed by atoms with Gasteiger partial charge in [0.15, 0.2) is 0 Å². The van der Waals surface area contributed by atoms with Crippen molar-refractivity contribution in [2.45, 2.75) is 26.4 Å². The molecule has 0 fully saturated rings. The zero-order valence-corrected chi connectivity index (χ0v) is 12.8. The fourth-order valence-electron chi connectivity index (χ4n) is 2.11.